The van der Waals surface area contributed by atoms with Gasteiger partial charge in [-0.25, -0.2) is 9.97 Å². The SMILES string of the molecule is CCCCN1CCN(C(=O)c2ccc(-c3nc(C)nc(C)c3CC)cc2)CC1. The number of hydrogen-bond donors (Lipinski definition) is 0. The minimum absolute atomic E-state index is 0.132. The number of hydrogen-bond acceptors (Lipinski definition) is 4. The van der Waals surface area contributed by atoms with Crippen LogP contribution in [-0.4, -0.2) is 58.4 Å². The van der Waals surface area contributed by atoms with Crippen LogP contribution in [0.1, 0.15) is 54.1 Å². The molecule has 2 heterocycles. The van der Waals surface area contributed by atoms with E-state index >= 15 is 0 Å². The molecule has 1 saturated heterocycles. The Morgan fingerprint density at radius 3 is 2.29 bits per heavy atom. The number of carbonyl (C=O) groups is 1. The largest absolute Gasteiger partial charge is 0.336 e. The summed E-state index contributed by atoms with van der Waals surface area (Å²) in [5, 5.41) is 0. The van der Waals surface area contributed by atoms with E-state index in [1.54, 1.807) is 0 Å². The molecule has 1 aliphatic rings. The predicted octanol–water partition coefficient (Wildman–Crippen LogP) is 3.88. The zero-order valence-corrected chi connectivity index (χ0v) is 17.7. The number of unbranched alkanes of at least 4 members (excludes halogenated alkanes) is 1. The molecule has 150 valence electrons. The second kappa shape index (κ2) is 9.28. The van der Waals surface area contributed by atoms with Gasteiger partial charge in [0.05, 0.1) is 5.69 Å². The Balaban J connectivity index is 1.71. The highest BCUT2D eigenvalue weighted by atomic mass is 16.2. The summed E-state index contributed by atoms with van der Waals surface area (Å²) < 4.78 is 0. The molecule has 5 heteroatoms. The molecule has 1 aromatic heterocycles. The number of piperazine rings is 1. The van der Waals surface area contributed by atoms with Crippen LogP contribution in [0.15, 0.2) is 24.3 Å². The van der Waals surface area contributed by atoms with Crippen molar-refractivity contribution in [3.05, 3.63) is 46.9 Å². The molecule has 0 bridgehead atoms. The van der Waals surface area contributed by atoms with Gasteiger partial charge in [-0.3, -0.25) is 9.69 Å². The zero-order valence-electron chi connectivity index (χ0n) is 17.7. The number of benzene rings is 1. The number of aryl methyl sites for hydroxylation is 2. The Kier molecular flexibility index (Phi) is 6.79. The number of aromatic nitrogens is 2. The van der Waals surface area contributed by atoms with Crippen molar-refractivity contribution in [2.75, 3.05) is 32.7 Å². The lowest BCUT2D eigenvalue weighted by molar-refractivity contribution is 0.0636. The van der Waals surface area contributed by atoms with Crippen molar-refractivity contribution < 1.29 is 4.79 Å². The first-order chi connectivity index (χ1) is 13.5. The first-order valence-corrected chi connectivity index (χ1v) is 10.5. The molecule has 1 aromatic carbocycles. The summed E-state index contributed by atoms with van der Waals surface area (Å²) in [7, 11) is 0. The van der Waals surface area contributed by atoms with E-state index in [0.717, 1.165) is 67.5 Å². The molecule has 0 radical (unpaired) electrons. The fourth-order valence-corrected chi connectivity index (χ4v) is 3.91. The topological polar surface area (TPSA) is 49.3 Å². The van der Waals surface area contributed by atoms with Crippen LogP contribution in [0.3, 0.4) is 0 Å². The van der Waals surface area contributed by atoms with Crippen LogP contribution in [0.25, 0.3) is 11.3 Å². The Morgan fingerprint density at radius 1 is 1.00 bits per heavy atom. The van der Waals surface area contributed by atoms with Crippen LogP contribution >= 0.6 is 0 Å². The van der Waals surface area contributed by atoms with Crippen LogP contribution < -0.4 is 0 Å². The molecule has 0 N–H and O–H groups in total. The van der Waals surface area contributed by atoms with Crippen LogP contribution in [0.4, 0.5) is 0 Å². The van der Waals surface area contributed by atoms with Gasteiger partial charge in [0, 0.05) is 43.0 Å². The van der Waals surface area contributed by atoms with Gasteiger partial charge in [-0.05, 0) is 50.9 Å². The van der Waals surface area contributed by atoms with Gasteiger partial charge in [0.2, 0.25) is 0 Å². The standard InChI is InChI=1S/C23H32N4O/c1-5-7-12-26-13-15-27(16-14-26)23(28)20-10-8-19(9-11-20)22-21(6-2)17(3)24-18(4)25-22/h8-11H,5-7,12-16H2,1-4H3. The van der Waals surface area contributed by atoms with Crippen molar-refractivity contribution in [3.8, 4) is 11.3 Å². The summed E-state index contributed by atoms with van der Waals surface area (Å²) in [5.41, 5.74) is 4.99. The maximum Gasteiger partial charge on any atom is 0.253 e. The molecule has 1 fully saturated rings. The number of nitrogens with zero attached hydrogens (tertiary/aromatic N) is 4. The molecule has 0 saturated carbocycles. The summed E-state index contributed by atoms with van der Waals surface area (Å²) in [6.07, 6.45) is 3.35. The molecule has 0 aliphatic carbocycles. The molecule has 1 aliphatic heterocycles. The van der Waals surface area contributed by atoms with Crippen molar-refractivity contribution in [2.45, 2.75) is 47.0 Å². The fraction of sp³-hybridized carbons (Fsp3) is 0.522. The van der Waals surface area contributed by atoms with E-state index in [1.807, 2.05) is 43.0 Å². The highest BCUT2D eigenvalue weighted by Gasteiger charge is 2.22. The summed E-state index contributed by atoms with van der Waals surface area (Å²) in [6, 6.07) is 7.91. The molecule has 2 aromatic rings. The quantitative estimate of drug-likeness (QED) is 0.763. The third kappa shape index (κ3) is 4.58. The lowest BCUT2D eigenvalue weighted by atomic mass is 10.0. The van der Waals surface area contributed by atoms with E-state index < -0.39 is 0 Å². The van der Waals surface area contributed by atoms with E-state index in [4.69, 9.17) is 0 Å². The number of rotatable bonds is 6. The highest BCUT2D eigenvalue weighted by Crippen LogP contribution is 2.25. The van der Waals surface area contributed by atoms with E-state index in [1.165, 1.54) is 18.4 Å². The molecule has 3 rings (SSSR count). The zero-order chi connectivity index (χ0) is 20.1. The predicted molar refractivity (Wildman–Crippen MR) is 114 cm³/mol. The van der Waals surface area contributed by atoms with Crippen LogP contribution in [0.5, 0.6) is 0 Å². The minimum Gasteiger partial charge on any atom is -0.336 e. The molecular formula is C23H32N4O. The van der Waals surface area contributed by atoms with Gasteiger partial charge in [0.1, 0.15) is 5.82 Å². The second-order valence-corrected chi connectivity index (χ2v) is 7.60. The van der Waals surface area contributed by atoms with Gasteiger partial charge in [-0.15, -0.1) is 0 Å². The molecule has 0 atom stereocenters. The number of carbonyl (C=O) groups excluding carboxylic acids is 1. The molecule has 28 heavy (non-hydrogen) atoms. The van der Waals surface area contributed by atoms with Gasteiger partial charge >= 0.3 is 0 Å². The third-order valence-electron chi connectivity index (χ3n) is 5.57. The summed E-state index contributed by atoms with van der Waals surface area (Å²) in [6.45, 7) is 13.0. The fourth-order valence-electron chi connectivity index (χ4n) is 3.91. The normalized spacial score (nSPS) is 15.1. The maximum absolute atomic E-state index is 12.9. The van der Waals surface area contributed by atoms with Crippen molar-refractivity contribution in [1.82, 2.24) is 19.8 Å². The first-order valence-electron chi connectivity index (χ1n) is 10.5. The van der Waals surface area contributed by atoms with Crippen LogP contribution in [0, 0.1) is 13.8 Å². The molecule has 1 amide bonds. The van der Waals surface area contributed by atoms with Gasteiger partial charge < -0.3 is 4.90 Å². The van der Waals surface area contributed by atoms with Crippen LogP contribution in [0.2, 0.25) is 0 Å². The van der Waals surface area contributed by atoms with E-state index in [2.05, 4.69) is 28.7 Å². The van der Waals surface area contributed by atoms with Crippen molar-refractivity contribution >= 4 is 5.91 Å². The molecule has 0 unspecified atom stereocenters. The maximum atomic E-state index is 12.9. The lowest BCUT2D eigenvalue weighted by Gasteiger charge is -2.34. The summed E-state index contributed by atoms with van der Waals surface area (Å²) >= 11 is 0. The Bertz CT molecular complexity index is 808. The molecule has 0 spiro atoms. The Morgan fingerprint density at radius 2 is 1.68 bits per heavy atom. The summed E-state index contributed by atoms with van der Waals surface area (Å²) in [4.78, 5) is 26.5. The molecular weight excluding hydrogens is 348 g/mol. The van der Waals surface area contributed by atoms with Crippen molar-refractivity contribution in [1.29, 1.82) is 0 Å². The van der Waals surface area contributed by atoms with E-state index in [0.29, 0.717) is 0 Å². The average Bonchev–Trinajstić information content (AvgIpc) is 2.72. The number of amides is 1. The van der Waals surface area contributed by atoms with E-state index in [9.17, 15) is 4.79 Å². The minimum atomic E-state index is 0.132. The Labute approximate surface area is 168 Å². The van der Waals surface area contributed by atoms with Crippen molar-refractivity contribution in [3.63, 3.8) is 0 Å². The Hall–Kier alpha value is -2.27. The van der Waals surface area contributed by atoms with Gasteiger partial charge in [-0.1, -0.05) is 32.4 Å². The third-order valence-corrected chi connectivity index (χ3v) is 5.57. The molecule has 5 nitrogen and oxygen atoms in total. The lowest BCUT2D eigenvalue weighted by Crippen LogP contribution is -2.48. The van der Waals surface area contributed by atoms with Gasteiger partial charge in [-0.2, -0.15) is 0 Å². The second-order valence-electron chi connectivity index (χ2n) is 7.60. The van der Waals surface area contributed by atoms with Gasteiger partial charge in [0.15, 0.2) is 0 Å². The smallest absolute Gasteiger partial charge is 0.253 e. The average molecular weight is 381 g/mol. The highest BCUT2D eigenvalue weighted by molar-refractivity contribution is 5.94. The van der Waals surface area contributed by atoms with Gasteiger partial charge in [0.25, 0.3) is 5.91 Å². The van der Waals surface area contributed by atoms with E-state index in [-0.39, 0.29) is 5.91 Å². The monoisotopic (exact) mass is 380 g/mol. The summed E-state index contributed by atoms with van der Waals surface area (Å²) in [5.74, 6) is 0.915. The van der Waals surface area contributed by atoms with Crippen LogP contribution in [-0.2, 0) is 6.42 Å². The first kappa shape index (κ1) is 20.5. The van der Waals surface area contributed by atoms with Crippen molar-refractivity contribution in [2.24, 2.45) is 0 Å².